The normalized spacial score (nSPS) is 17.4. The molecule has 2 rings (SSSR count). The molecule has 1 nitrogen and oxygen atoms in total. The number of hydrogen-bond acceptors (Lipinski definition) is 1. The fourth-order valence-electron chi connectivity index (χ4n) is 2.28. The van der Waals surface area contributed by atoms with Crippen molar-refractivity contribution in [3.63, 3.8) is 0 Å². The zero-order valence-electron chi connectivity index (χ0n) is 9.31. The minimum atomic E-state index is 0.773. The van der Waals surface area contributed by atoms with Gasteiger partial charge in [0, 0.05) is 21.7 Å². The number of rotatable bonds is 3. The van der Waals surface area contributed by atoms with Crippen LogP contribution in [0.3, 0.4) is 0 Å². The molecule has 0 atom stereocenters. The van der Waals surface area contributed by atoms with Gasteiger partial charge in [-0.05, 0) is 52.9 Å². The largest absolute Gasteiger partial charge is 0.384 e. The Morgan fingerprint density at radius 2 is 2.00 bits per heavy atom. The number of hydrogen-bond donors (Lipinski definition) is 1. The maximum atomic E-state index is 5.91. The van der Waals surface area contributed by atoms with E-state index in [9.17, 15) is 0 Å². The number of benzene rings is 1. The summed E-state index contributed by atoms with van der Waals surface area (Å²) in [7, 11) is 0. The van der Waals surface area contributed by atoms with Crippen LogP contribution in [0, 0.1) is 5.92 Å². The molecule has 0 unspecified atom stereocenters. The van der Waals surface area contributed by atoms with Crippen LogP contribution in [0.5, 0.6) is 0 Å². The topological polar surface area (TPSA) is 12.0 Å². The highest BCUT2D eigenvalue weighted by molar-refractivity contribution is 9.10. The van der Waals surface area contributed by atoms with E-state index in [4.69, 9.17) is 11.6 Å². The summed E-state index contributed by atoms with van der Waals surface area (Å²) in [5.41, 5.74) is 1.15. The van der Waals surface area contributed by atoms with E-state index in [1.807, 2.05) is 18.2 Å². The van der Waals surface area contributed by atoms with Gasteiger partial charge < -0.3 is 5.32 Å². The van der Waals surface area contributed by atoms with Gasteiger partial charge in [0.05, 0.1) is 0 Å². The molecule has 1 saturated carbocycles. The van der Waals surface area contributed by atoms with Crippen molar-refractivity contribution in [2.45, 2.75) is 32.1 Å². The van der Waals surface area contributed by atoms with Gasteiger partial charge >= 0.3 is 0 Å². The Morgan fingerprint density at radius 3 is 2.69 bits per heavy atom. The van der Waals surface area contributed by atoms with Gasteiger partial charge in [0.25, 0.3) is 0 Å². The first-order valence-corrected chi connectivity index (χ1v) is 7.12. The first-order chi connectivity index (χ1) is 7.75. The van der Waals surface area contributed by atoms with Crippen LogP contribution in [-0.2, 0) is 0 Å². The summed E-state index contributed by atoms with van der Waals surface area (Å²) >= 11 is 9.43. The zero-order valence-corrected chi connectivity index (χ0v) is 11.6. The zero-order chi connectivity index (χ0) is 11.4. The van der Waals surface area contributed by atoms with E-state index in [-0.39, 0.29) is 0 Å². The van der Waals surface area contributed by atoms with Crippen molar-refractivity contribution in [1.82, 2.24) is 0 Å². The van der Waals surface area contributed by atoms with Crippen LogP contribution in [-0.4, -0.2) is 6.54 Å². The van der Waals surface area contributed by atoms with Crippen LogP contribution in [0.4, 0.5) is 5.69 Å². The third-order valence-electron chi connectivity index (χ3n) is 3.24. The molecule has 3 heteroatoms. The maximum Gasteiger partial charge on any atom is 0.0485 e. The highest BCUT2D eigenvalue weighted by Crippen LogP contribution is 2.28. The minimum absolute atomic E-state index is 0.773. The number of nitrogens with one attached hydrogen (secondary N) is 1. The predicted molar refractivity (Wildman–Crippen MR) is 74.2 cm³/mol. The smallest absolute Gasteiger partial charge is 0.0485 e. The van der Waals surface area contributed by atoms with Gasteiger partial charge in [-0.3, -0.25) is 0 Å². The highest BCUT2D eigenvalue weighted by atomic mass is 79.9. The Morgan fingerprint density at radius 1 is 1.25 bits per heavy atom. The molecule has 0 saturated heterocycles. The molecule has 0 heterocycles. The van der Waals surface area contributed by atoms with Crippen molar-refractivity contribution >= 4 is 33.2 Å². The summed E-state index contributed by atoms with van der Waals surface area (Å²) in [6, 6.07) is 5.90. The quantitative estimate of drug-likeness (QED) is 0.819. The third-order valence-corrected chi connectivity index (χ3v) is 4.13. The molecular weight excluding hydrogens is 286 g/mol. The molecule has 1 fully saturated rings. The molecule has 16 heavy (non-hydrogen) atoms. The highest BCUT2D eigenvalue weighted by Gasteiger charge is 2.13. The van der Waals surface area contributed by atoms with E-state index >= 15 is 0 Å². The molecule has 1 aliphatic carbocycles. The fraction of sp³-hybridized carbons (Fsp3) is 0.538. The van der Waals surface area contributed by atoms with Crippen molar-refractivity contribution in [3.8, 4) is 0 Å². The van der Waals surface area contributed by atoms with Gasteiger partial charge in [-0.25, -0.2) is 0 Å². The van der Waals surface area contributed by atoms with Crippen LogP contribution >= 0.6 is 27.5 Å². The molecule has 0 aliphatic heterocycles. The lowest BCUT2D eigenvalue weighted by atomic mass is 9.89. The first-order valence-electron chi connectivity index (χ1n) is 5.94. The standard InChI is InChI=1S/C13H17BrClN/c14-12-8-11(15)6-7-13(12)16-9-10-4-2-1-3-5-10/h6-8,10,16H,1-5,9H2. The van der Waals surface area contributed by atoms with Gasteiger partial charge in [-0.2, -0.15) is 0 Å². The molecule has 1 aromatic rings. The van der Waals surface area contributed by atoms with Crippen LogP contribution in [0.25, 0.3) is 0 Å². The average molecular weight is 303 g/mol. The van der Waals surface area contributed by atoms with E-state index in [1.54, 1.807) is 0 Å². The Bertz CT molecular complexity index is 348. The summed E-state index contributed by atoms with van der Waals surface area (Å²) in [6.07, 6.45) is 6.96. The van der Waals surface area contributed by atoms with Gasteiger partial charge in [0.15, 0.2) is 0 Å². The van der Waals surface area contributed by atoms with Crippen LogP contribution in [0.1, 0.15) is 32.1 Å². The molecule has 0 amide bonds. The maximum absolute atomic E-state index is 5.91. The van der Waals surface area contributed by atoms with Crippen molar-refractivity contribution in [2.24, 2.45) is 5.92 Å². The predicted octanol–water partition coefficient (Wildman–Crippen LogP) is 5.09. The van der Waals surface area contributed by atoms with Gasteiger partial charge in [0.1, 0.15) is 0 Å². The van der Waals surface area contributed by atoms with Crippen LogP contribution in [0.15, 0.2) is 22.7 Å². The second kappa shape index (κ2) is 5.92. The molecule has 1 N–H and O–H groups in total. The van der Waals surface area contributed by atoms with Gasteiger partial charge in [-0.15, -0.1) is 0 Å². The number of anilines is 1. The summed E-state index contributed by atoms with van der Waals surface area (Å²) < 4.78 is 1.05. The van der Waals surface area contributed by atoms with E-state index in [2.05, 4.69) is 21.2 Å². The molecule has 1 aliphatic rings. The molecule has 1 aromatic carbocycles. The Balaban J connectivity index is 1.88. The Labute approximate surface area is 111 Å². The molecule has 0 bridgehead atoms. The van der Waals surface area contributed by atoms with E-state index < -0.39 is 0 Å². The molecule has 0 spiro atoms. The van der Waals surface area contributed by atoms with E-state index in [0.717, 1.165) is 27.6 Å². The lowest BCUT2D eigenvalue weighted by molar-refractivity contribution is 0.373. The molecule has 0 aromatic heterocycles. The monoisotopic (exact) mass is 301 g/mol. The van der Waals surface area contributed by atoms with Crippen molar-refractivity contribution in [3.05, 3.63) is 27.7 Å². The van der Waals surface area contributed by atoms with E-state index in [0.29, 0.717) is 0 Å². The third kappa shape index (κ3) is 3.39. The average Bonchev–Trinajstić information content (AvgIpc) is 2.29. The SMILES string of the molecule is Clc1ccc(NCC2CCCCC2)c(Br)c1. The summed E-state index contributed by atoms with van der Waals surface area (Å²) in [6.45, 7) is 1.08. The van der Waals surface area contributed by atoms with Crippen molar-refractivity contribution in [2.75, 3.05) is 11.9 Å². The van der Waals surface area contributed by atoms with E-state index in [1.165, 1.54) is 32.1 Å². The lowest BCUT2D eigenvalue weighted by Gasteiger charge is -2.22. The summed E-state index contributed by atoms with van der Waals surface area (Å²) in [4.78, 5) is 0. The fourth-order valence-corrected chi connectivity index (χ4v) is 3.10. The summed E-state index contributed by atoms with van der Waals surface area (Å²) in [5, 5.41) is 4.28. The second-order valence-electron chi connectivity index (χ2n) is 4.51. The molecule has 0 radical (unpaired) electrons. The Hall–Kier alpha value is -0.210. The molecular formula is C13H17BrClN. The minimum Gasteiger partial charge on any atom is -0.384 e. The summed E-state index contributed by atoms with van der Waals surface area (Å²) in [5.74, 6) is 0.844. The Kier molecular flexibility index (Phi) is 4.54. The second-order valence-corrected chi connectivity index (χ2v) is 5.80. The van der Waals surface area contributed by atoms with Crippen molar-refractivity contribution < 1.29 is 0 Å². The van der Waals surface area contributed by atoms with Gasteiger partial charge in [0.2, 0.25) is 0 Å². The first kappa shape index (κ1) is 12.3. The molecule has 88 valence electrons. The van der Waals surface area contributed by atoms with Gasteiger partial charge in [-0.1, -0.05) is 30.9 Å². The van der Waals surface area contributed by atoms with Crippen LogP contribution in [0.2, 0.25) is 5.02 Å². The van der Waals surface area contributed by atoms with Crippen molar-refractivity contribution in [1.29, 1.82) is 0 Å². The lowest BCUT2D eigenvalue weighted by Crippen LogP contribution is -2.17. The number of halogens is 2. The van der Waals surface area contributed by atoms with Crippen LogP contribution < -0.4 is 5.32 Å².